The third kappa shape index (κ3) is 3.66. The molecule has 1 aliphatic heterocycles. The van der Waals surface area contributed by atoms with Crippen LogP contribution in [0, 0.1) is 5.92 Å². The molecule has 0 saturated carbocycles. The van der Waals surface area contributed by atoms with Crippen LogP contribution in [-0.2, 0) is 50.2 Å². The fourth-order valence-corrected chi connectivity index (χ4v) is 12.0. The molecule has 0 aromatic heterocycles. The Balaban J connectivity index is 3.00. The Kier molecular flexibility index (Phi) is 7.03. The maximum absolute atomic E-state index is 5.76. The first-order valence-electron chi connectivity index (χ1n) is 6.11. The summed E-state index contributed by atoms with van der Waals surface area (Å²) in [6.45, 7) is 11.1. The molecule has 104 valence electrons. The van der Waals surface area contributed by atoms with E-state index in [-0.39, 0.29) is 18.9 Å². The van der Waals surface area contributed by atoms with E-state index in [0.717, 1.165) is 11.4 Å². The van der Waals surface area contributed by atoms with Gasteiger partial charge in [-0.1, -0.05) is 30.2 Å². The van der Waals surface area contributed by atoms with E-state index < -0.39 is 0 Å². The fourth-order valence-electron chi connectivity index (χ4n) is 1.91. The van der Waals surface area contributed by atoms with Crippen molar-refractivity contribution in [1.82, 2.24) is 0 Å². The average molecular weight is 340 g/mol. The second-order valence-corrected chi connectivity index (χ2v) is 12.9. The molecule has 0 amide bonds. The van der Waals surface area contributed by atoms with Crippen LogP contribution in [0.4, 0.5) is 0 Å². The van der Waals surface area contributed by atoms with Gasteiger partial charge in [0.2, 0.25) is 0 Å². The van der Waals surface area contributed by atoms with Crippen LogP contribution in [0.1, 0.15) is 41.0 Å². The molecule has 0 bridgehead atoms. The second-order valence-electron chi connectivity index (χ2n) is 4.59. The Morgan fingerprint density at radius 1 is 1.44 bits per heavy atom. The highest BCUT2D eigenvalue weighted by Crippen LogP contribution is 2.29. The van der Waals surface area contributed by atoms with Crippen LogP contribution in [-0.4, -0.2) is 16.0 Å². The zero-order chi connectivity index (χ0) is 13.9. The lowest BCUT2D eigenvalue weighted by Gasteiger charge is -2.20. The summed E-state index contributed by atoms with van der Waals surface area (Å²) in [6.07, 6.45) is 3.18. The number of nitrogens with zero attached hydrogens (tertiary/aromatic N) is 1. The minimum absolute atomic E-state index is 0.149. The number of rotatable bonds is 5. The molecule has 0 aliphatic carbocycles. The number of allylic oxidation sites excluding steroid dienone is 1. The van der Waals surface area contributed by atoms with Gasteiger partial charge < -0.3 is 0 Å². The Labute approximate surface area is 128 Å². The van der Waals surface area contributed by atoms with Crippen LogP contribution in [0.2, 0.25) is 0 Å². The highest BCUT2D eigenvalue weighted by Gasteiger charge is 2.24. The van der Waals surface area contributed by atoms with Gasteiger partial charge in [0.15, 0.2) is 0 Å². The zero-order valence-corrected chi connectivity index (χ0v) is 15.6. The van der Waals surface area contributed by atoms with Gasteiger partial charge in [-0.3, -0.25) is 4.99 Å². The Morgan fingerprint density at radius 2 is 2.06 bits per heavy atom. The normalized spacial score (nSPS) is 24.4. The van der Waals surface area contributed by atoms with Gasteiger partial charge in [-0.05, 0) is 57.1 Å². The highest BCUT2D eigenvalue weighted by atomic mass is 33.1. The fraction of sp³-hybridized carbons (Fsp3) is 0.750. The molecule has 0 aromatic carbocycles. The van der Waals surface area contributed by atoms with Crippen molar-refractivity contribution in [2.75, 3.05) is 0 Å². The van der Waals surface area contributed by atoms with E-state index in [0.29, 0.717) is 15.7 Å². The summed E-state index contributed by atoms with van der Waals surface area (Å²) in [5.41, 5.74) is 1.38. The third-order valence-corrected chi connectivity index (χ3v) is 13.4. The van der Waals surface area contributed by atoms with Gasteiger partial charge in [-0.2, -0.15) is 0 Å². The van der Waals surface area contributed by atoms with E-state index >= 15 is 0 Å². The molecular weight excluding hydrogens is 318 g/mol. The predicted molar refractivity (Wildman–Crippen MR) is 96.4 cm³/mol. The zero-order valence-electron chi connectivity index (χ0n) is 11.5. The minimum Gasteiger partial charge on any atom is -0.253 e. The molecule has 4 unspecified atom stereocenters. The lowest BCUT2D eigenvalue weighted by molar-refractivity contribution is 0.793. The largest absolute Gasteiger partial charge is 0.253 e. The molecule has 1 heterocycles. The number of aliphatic imine (C=N–C) groups is 1. The first kappa shape index (κ1) is 16.8. The summed E-state index contributed by atoms with van der Waals surface area (Å²) in [7, 11) is 1.50. The summed E-state index contributed by atoms with van der Waals surface area (Å²) in [6, 6.07) is 0. The van der Waals surface area contributed by atoms with E-state index in [1.165, 1.54) is 5.57 Å². The van der Waals surface area contributed by atoms with Crippen molar-refractivity contribution in [3.8, 4) is 0 Å². The molecule has 0 spiro atoms. The molecule has 18 heavy (non-hydrogen) atoms. The average Bonchev–Trinajstić information content (AvgIpc) is 2.69. The van der Waals surface area contributed by atoms with Gasteiger partial charge in [-0.15, -0.1) is 9.45 Å². The Morgan fingerprint density at radius 3 is 2.44 bits per heavy atom. The first-order chi connectivity index (χ1) is 8.43. The maximum Gasteiger partial charge on any atom is 0.100 e. The van der Waals surface area contributed by atoms with Gasteiger partial charge in [0.25, 0.3) is 0 Å². The van der Waals surface area contributed by atoms with Crippen LogP contribution in [0.25, 0.3) is 0 Å². The molecule has 4 atom stereocenters. The first-order valence-corrected chi connectivity index (χ1v) is 11.9. The minimum atomic E-state index is -0.203. The lowest BCUT2D eigenvalue weighted by atomic mass is 10.0. The highest BCUT2D eigenvalue weighted by molar-refractivity contribution is 8.52. The molecule has 0 N–H and O–H groups in total. The summed E-state index contributed by atoms with van der Waals surface area (Å²) in [4.78, 5) is 4.59. The Hall–Kier alpha value is 0.770. The topological polar surface area (TPSA) is 12.4 Å². The number of hydrogen-bond acceptors (Lipinski definition) is 3. The summed E-state index contributed by atoms with van der Waals surface area (Å²) < 4.78 is 0.445. The van der Waals surface area contributed by atoms with E-state index in [1.54, 1.807) is 8.88 Å². The lowest BCUT2D eigenvalue weighted by Crippen LogP contribution is -2.23. The van der Waals surface area contributed by atoms with Crippen molar-refractivity contribution >= 4 is 56.4 Å². The van der Waals surface area contributed by atoms with Crippen molar-refractivity contribution in [2.24, 2.45) is 10.9 Å². The molecule has 0 fully saturated rings. The molecule has 1 rings (SSSR count). The number of hydrogen-bond donors (Lipinski definition) is 0. The molecule has 0 saturated heterocycles. The van der Waals surface area contributed by atoms with E-state index in [4.69, 9.17) is 22.4 Å². The van der Waals surface area contributed by atoms with E-state index in [2.05, 4.69) is 45.8 Å². The van der Waals surface area contributed by atoms with Crippen LogP contribution in [0.3, 0.4) is 0 Å². The quantitative estimate of drug-likeness (QED) is 0.762. The van der Waals surface area contributed by atoms with Crippen LogP contribution in [0.15, 0.2) is 15.6 Å². The summed E-state index contributed by atoms with van der Waals surface area (Å²) in [5, 5.41) is 1.75. The van der Waals surface area contributed by atoms with Gasteiger partial charge in [0.05, 0.1) is 4.58 Å². The van der Waals surface area contributed by atoms with Gasteiger partial charge in [0.1, 0.15) is 5.03 Å². The van der Waals surface area contributed by atoms with Gasteiger partial charge in [-0.25, -0.2) is 0 Å². The smallest absolute Gasteiger partial charge is 0.100 e. The van der Waals surface area contributed by atoms with Crippen molar-refractivity contribution in [1.29, 1.82) is 0 Å². The van der Waals surface area contributed by atoms with Crippen molar-refractivity contribution in [3.05, 3.63) is 10.6 Å². The standard InChI is InChI=1S/C12H21NS5/c1-6-11-7-13-12(9(11)4)17(15)10(5)18(16-14)8(2)3/h7-8,10-11H,6H2,1-5H3. The van der Waals surface area contributed by atoms with Gasteiger partial charge in [0, 0.05) is 17.4 Å². The molecule has 0 radical (unpaired) electrons. The van der Waals surface area contributed by atoms with Crippen molar-refractivity contribution in [3.63, 3.8) is 0 Å². The predicted octanol–water partition coefficient (Wildman–Crippen LogP) is 3.24. The Bertz CT molecular complexity index is 457. The third-order valence-electron chi connectivity index (χ3n) is 3.07. The maximum atomic E-state index is 5.76. The second kappa shape index (κ2) is 7.53. The van der Waals surface area contributed by atoms with E-state index in [1.807, 2.05) is 0 Å². The van der Waals surface area contributed by atoms with Crippen LogP contribution >= 0.6 is 0 Å². The summed E-state index contributed by atoms with van der Waals surface area (Å²) in [5.74, 6) is 0.502. The van der Waals surface area contributed by atoms with Crippen LogP contribution < -0.4 is 0 Å². The van der Waals surface area contributed by atoms with Crippen LogP contribution in [0.5, 0.6) is 0 Å². The monoisotopic (exact) mass is 339 g/mol. The van der Waals surface area contributed by atoms with Crippen molar-refractivity contribution < 1.29 is 0 Å². The van der Waals surface area contributed by atoms with Crippen molar-refractivity contribution in [2.45, 2.75) is 50.9 Å². The molecule has 0 aromatic rings. The van der Waals surface area contributed by atoms with Gasteiger partial charge >= 0.3 is 0 Å². The SMILES string of the molecule is CCC1C=NC(S(=S)C(C)S(=S=S)C(C)C)=C1C. The molecule has 6 heteroatoms. The molecule has 1 aliphatic rings. The molecule has 1 nitrogen and oxygen atoms in total. The molecular formula is C12H21NS5. The summed E-state index contributed by atoms with van der Waals surface area (Å²) >= 11 is 11.0. The van der Waals surface area contributed by atoms with E-state index in [9.17, 15) is 0 Å².